The van der Waals surface area contributed by atoms with Gasteiger partial charge in [-0.2, -0.15) is 0 Å². The van der Waals surface area contributed by atoms with E-state index in [0.717, 1.165) is 11.3 Å². The zero-order chi connectivity index (χ0) is 14.4. The molecule has 1 unspecified atom stereocenters. The van der Waals surface area contributed by atoms with E-state index in [-0.39, 0.29) is 18.6 Å². The topological polar surface area (TPSA) is 49.8 Å². The Labute approximate surface area is 115 Å². The van der Waals surface area contributed by atoms with Crippen molar-refractivity contribution in [3.8, 4) is 5.75 Å². The molecule has 0 saturated heterocycles. The summed E-state index contributed by atoms with van der Waals surface area (Å²) in [6, 6.07) is 8.00. The fourth-order valence-corrected chi connectivity index (χ4v) is 2.02. The number of nitrogens with zero attached hydrogens (tertiary/aromatic N) is 1. The summed E-state index contributed by atoms with van der Waals surface area (Å²) in [4.78, 5) is 12.7. The van der Waals surface area contributed by atoms with Crippen molar-refractivity contribution in [1.82, 2.24) is 4.90 Å². The number of hydrogen-bond donors (Lipinski definition) is 1. The van der Waals surface area contributed by atoms with Crippen LogP contribution in [0.2, 0.25) is 0 Å². The summed E-state index contributed by atoms with van der Waals surface area (Å²) in [5.41, 5.74) is 1.11. The second-order valence-electron chi connectivity index (χ2n) is 5.15. The van der Waals surface area contributed by atoms with Crippen molar-refractivity contribution in [3.63, 3.8) is 0 Å². The highest BCUT2D eigenvalue weighted by Gasteiger charge is 2.15. The highest BCUT2D eigenvalue weighted by molar-refractivity contribution is 5.66. The zero-order valence-electron chi connectivity index (χ0n) is 12.1. The molecule has 0 aliphatic carbocycles. The summed E-state index contributed by atoms with van der Waals surface area (Å²) >= 11 is 0. The van der Waals surface area contributed by atoms with E-state index in [1.165, 1.54) is 0 Å². The molecule has 19 heavy (non-hydrogen) atoms. The van der Waals surface area contributed by atoms with E-state index in [1.807, 2.05) is 57.1 Å². The van der Waals surface area contributed by atoms with Gasteiger partial charge in [0.15, 0.2) is 0 Å². The Morgan fingerprint density at radius 1 is 1.26 bits per heavy atom. The Morgan fingerprint density at radius 3 is 2.26 bits per heavy atom. The van der Waals surface area contributed by atoms with Gasteiger partial charge < -0.3 is 14.7 Å². The quantitative estimate of drug-likeness (QED) is 0.823. The Morgan fingerprint density at radius 2 is 1.84 bits per heavy atom. The normalized spacial score (nSPS) is 12.7. The second-order valence-corrected chi connectivity index (χ2v) is 5.15. The van der Waals surface area contributed by atoms with E-state index >= 15 is 0 Å². The Kier molecular flexibility index (Phi) is 5.83. The van der Waals surface area contributed by atoms with Crippen LogP contribution in [0.1, 0.15) is 38.3 Å². The first-order chi connectivity index (χ1) is 8.90. The van der Waals surface area contributed by atoms with Crippen molar-refractivity contribution in [2.24, 2.45) is 0 Å². The van der Waals surface area contributed by atoms with Crippen LogP contribution >= 0.6 is 0 Å². The van der Waals surface area contributed by atoms with Gasteiger partial charge in [-0.25, -0.2) is 0 Å². The predicted octanol–water partition coefficient (Wildman–Crippen LogP) is 2.94. The molecule has 1 atom stereocenters. The third kappa shape index (κ3) is 5.30. The monoisotopic (exact) mass is 265 g/mol. The van der Waals surface area contributed by atoms with Crippen LogP contribution in [0.15, 0.2) is 24.3 Å². The molecule has 4 heteroatoms. The van der Waals surface area contributed by atoms with Crippen LogP contribution < -0.4 is 4.74 Å². The summed E-state index contributed by atoms with van der Waals surface area (Å²) in [7, 11) is 3.93. The minimum Gasteiger partial charge on any atom is -0.491 e. The summed E-state index contributed by atoms with van der Waals surface area (Å²) in [5.74, 6) is 0.0844. The van der Waals surface area contributed by atoms with Crippen LogP contribution in [0.5, 0.6) is 5.75 Å². The van der Waals surface area contributed by atoms with Gasteiger partial charge in [-0.05, 0) is 52.1 Å². The molecule has 0 spiro atoms. The van der Waals surface area contributed by atoms with Crippen molar-refractivity contribution >= 4 is 5.97 Å². The van der Waals surface area contributed by atoms with E-state index in [4.69, 9.17) is 9.84 Å². The third-order valence-corrected chi connectivity index (χ3v) is 2.89. The van der Waals surface area contributed by atoms with E-state index in [9.17, 15) is 4.79 Å². The van der Waals surface area contributed by atoms with Crippen LogP contribution in [0.4, 0.5) is 0 Å². The number of rotatable bonds is 7. The molecule has 0 aromatic heterocycles. The SMILES string of the molecule is CC(C)Oc1ccc(C(CCC(=O)O)N(C)C)cc1. The molecular formula is C15H23NO3. The van der Waals surface area contributed by atoms with Gasteiger partial charge >= 0.3 is 5.97 Å². The molecule has 0 radical (unpaired) electrons. The van der Waals surface area contributed by atoms with Crippen LogP contribution in [0, 0.1) is 0 Å². The van der Waals surface area contributed by atoms with E-state index in [2.05, 4.69) is 0 Å². The molecule has 0 aliphatic heterocycles. The summed E-state index contributed by atoms with van der Waals surface area (Å²) in [6.45, 7) is 3.98. The minimum atomic E-state index is -0.758. The van der Waals surface area contributed by atoms with E-state index in [0.29, 0.717) is 6.42 Å². The summed E-state index contributed by atoms with van der Waals surface area (Å²) < 4.78 is 5.60. The number of aliphatic carboxylic acids is 1. The summed E-state index contributed by atoms with van der Waals surface area (Å²) in [5, 5.41) is 8.80. The Bertz CT molecular complexity index is 398. The highest BCUT2D eigenvalue weighted by Crippen LogP contribution is 2.25. The molecule has 1 aromatic carbocycles. The van der Waals surface area contributed by atoms with Gasteiger partial charge in [0.1, 0.15) is 5.75 Å². The molecule has 0 fully saturated rings. The lowest BCUT2D eigenvalue weighted by molar-refractivity contribution is -0.137. The first kappa shape index (κ1) is 15.5. The first-order valence-corrected chi connectivity index (χ1v) is 6.55. The Balaban J connectivity index is 2.76. The number of ether oxygens (including phenoxy) is 1. The molecule has 1 rings (SSSR count). The molecule has 1 N–H and O–H groups in total. The van der Waals surface area contributed by atoms with Crippen molar-refractivity contribution in [1.29, 1.82) is 0 Å². The van der Waals surface area contributed by atoms with Crippen LogP contribution in [0.25, 0.3) is 0 Å². The molecule has 0 saturated carbocycles. The van der Waals surface area contributed by atoms with Gasteiger partial charge in [0.2, 0.25) is 0 Å². The van der Waals surface area contributed by atoms with Crippen LogP contribution in [-0.2, 0) is 4.79 Å². The maximum atomic E-state index is 10.7. The number of hydrogen-bond acceptors (Lipinski definition) is 3. The smallest absolute Gasteiger partial charge is 0.303 e. The van der Waals surface area contributed by atoms with Gasteiger partial charge in [-0.3, -0.25) is 4.79 Å². The van der Waals surface area contributed by atoms with Crippen molar-refractivity contribution < 1.29 is 14.6 Å². The van der Waals surface area contributed by atoms with E-state index < -0.39 is 5.97 Å². The third-order valence-electron chi connectivity index (χ3n) is 2.89. The lowest BCUT2D eigenvalue weighted by atomic mass is 10.0. The number of carboxylic acids is 1. The van der Waals surface area contributed by atoms with Crippen molar-refractivity contribution in [2.75, 3.05) is 14.1 Å². The zero-order valence-corrected chi connectivity index (χ0v) is 12.1. The average Bonchev–Trinajstić information content (AvgIpc) is 2.29. The highest BCUT2D eigenvalue weighted by atomic mass is 16.5. The number of carbonyl (C=O) groups is 1. The Hall–Kier alpha value is -1.55. The molecule has 0 aliphatic rings. The standard InChI is InChI=1S/C15H23NO3/c1-11(2)19-13-7-5-12(6-8-13)14(16(3)4)9-10-15(17)18/h5-8,11,14H,9-10H2,1-4H3,(H,17,18). The first-order valence-electron chi connectivity index (χ1n) is 6.55. The van der Waals surface area contributed by atoms with Gasteiger partial charge in [-0.15, -0.1) is 0 Å². The molecule has 1 aromatic rings. The largest absolute Gasteiger partial charge is 0.491 e. The molecule has 0 amide bonds. The molecule has 0 heterocycles. The van der Waals surface area contributed by atoms with Crippen molar-refractivity contribution in [2.45, 2.75) is 38.8 Å². The van der Waals surface area contributed by atoms with Gasteiger partial charge in [0, 0.05) is 12.5 Å². The number of carboxylic acid groups (broad SMARTS) is 1. The average molecular weight is 265 g/mol. The second kappa shape index (κ2) is 7.14. The maximum absolute atomic E-state index is 10.7. The van der Waals surface area contributed by atoms with Gasteiger partial charge in [0.25, 0.3) is 0 Å². The van der Waals surface area contributed by atoms with Crippen LogP contribution in [0.3, 0.4) is 0 Å². The lowest BCUT2D eigenvalue weighted by Crippen LogP contribution is -2.20. The molecule has 4 nitrogen and oxygen atoms in total. The predicted molar refractivity (Wildman–Crippen MR) is 75.5 cm³/mol. The van der Waals surface area contributed by atoms with E-state index in [1.54, 1.807) is 0 Å². The fourth-order valence-electron chi connectivity index (χ4n) is 2.02. The molecule has 106 valence electrons. The minimum absolute atomic E-state index is 0.115. The maximum Gasteiger partial charge on any atom is 0.303 e. The van der Waals surface area contributed by atoms with Crippen molar-refractivity contribution in [3.05, 3.63) is 29.8 Å². The molecular weight excluding hydrogens is 242 g/mol. The molecule has 0 bridgehead atoms. The number of benzene rings is 1. The fraction of sp³-hybridized carbons (Fsp3) is 0.533. The van der Waals surface area contributed by atoms with Gasteiger partial charge in [-0.1, -0.05) is 12.1 Å². The van der Waals surface area contributed by atoms with Gasteiger partial charge in [0.05, 0.1) is 6.10 Å². The lowest BCUT2D eigenvalue weighted by Gasteiger charge is -2.24. The van der Waals surface area contributed by atoms with Crippen LogP contribution in [-0.4, -0.2) is 36.2 Å². The summed E-state index contributed by atoms with van der Waals surface area (Å²) in [6.07, 6.45) is 0.933.